The van der Waals surface area contributed by atoms with Crippen molar-refractivity contribution >= 4 is 27.0 Å². The van der Waals surface area contributed by atoms with Crippen LogP contribution >= 0.6 is 11.3 Å². The van der Waals surface area contributed by atoms with E-state index in [1.807, 2.05) is 17.5 Å². The molecule has 0 bridgehead atoms. The minimum absolute atomic E-state index is 0.575. The molecule has 32 heavy (non-hydrogen) atoms. The summed E-state index contributed by atoms with van der Waals surface area (Å²) in [4.78, 5) is 7.45. The molecule has 168 valence electrons. The fraction of sp³-hybridized carbons (Fsp3) is 0.483. The maximum atomic E-state index is 4.80. The van der Waals surface area contributed by atoms with Crippen molar-refractivity contribution in [2.24, 2.45) is 11.8 Å². The van der Waals surface area contributed by atoms with Crippen LogP contribution < -0.4 is 0 Å². The van der Waals surface area contributed by atoms with Gasteiger partial charge in [0.15, 0.2) is 0 Å². The van der Waals surface area contributed by atoms with Gasteiger partial charge in [0.1, 0.15) is 0 Å². The lowest BCUT2D eigenvalue weighted by Crippen LogP contribution is -2.32. The molecule has 1 unspecified atom stereocenters. The van der Waals surface area contributed by atoms with Crippen molar-refractivity contribution in [3.05, 3.63) is 71.4 Å². The standard InChI is InChI=1S/C29H36N2S/c1-22(23-7-3-2-4-8-23)27(28-9-5-6-16-30-28)14-19-31-17-12-24(13-18-31)26-11-10-25-15-20-32-29(25)21-26/h5-6,9-12,15-16,20-23,27H,2-4,7-8,13-14,17-19H2,1H3/t22-,27?/m0/s1. The van der Waals surface area contributed by atoms with Crippen LogP contribution in [0.1, 0.15) is 69.0 Å². The lowest BCUT2D eigenvalue weighted by atomic mass is 9.73. The smallest absolute Gasteiger partial charge is 0.0437 e. The molecule has 0 saturated heterocycles. The van der Waals surface area contributed by atoms with Crippen molar-refractivity contribution in [3.63, 3.8) is 0 Å². The third-order valence-electron chi connectivity index (χ3n) is 7.97. The van der Waals surface area contributed by atoms with E-state index in [2.05, 4.69) is 65.7 Å². The molecule has 3 heteroatoms. The molecule has 1 aliphatic heterocycles. The summed E-state index contributed by atoms with van der Waals surface area (Å²) in [5.74, 6) is 2.17. The van der Waals surface area contributed by atoms with Crippen LogP contribution in [-0.2, 0) is 0 Å². The van der Waals surface area contributed by atoms with Gasteiger partial charge in [0.05, 0.1) is 0 Å². The van der Waals surface area contributed by atoms with Crippen molar-refractivity contribution in [2.75, 3.05) is 19.6 Å². The van der Waals surface area contributed by atoms with Crippen LogP contribution in [-0.4, -0.2) is 29.5 Å². The van der Waals surface area contributed by atoms with Gasteiger partial charge in [-0.3, -0.25) is 9.88 Å². The third kappa shape index (κ3) is 5.00. The monoisotopic (exact) mass is 444 g/mol. The highest BCUT2D eigenvalue weighted by Gasteiger charge is 2.29. The van der Waals surface area contributed by atoms with Gasteiger partial charge in [-0.15, -0.1) is 11.3 Å². The summed E-state index contributed by atoms with van der Waals surface area (Å²) in [5.41, 5.74) is 4.24. The summed E-state index contributed by atoms with van der Waals surface area (Å²) in [5, 5.41) is 3.56. The summed E-state index contributed by atoms with van der Waals surface area (Å²) in [6, 6.07) is 15.7. The van der Waals surface area contributed by atoms with Crippen molar-refractivity contribution in [3.8, 4) is 0 Å². The number of hydrogen-bond donors (Lipinski definition) is 0. The molecule has 1 aromatic carbocycles. The first-order valence-electron chi connectivity index (χ1n) is 12.6. The van der Waals surface area contributed by atoms with Crippen LogP contribution in [0.2, 0.25) is 0 Å². The molecule has 2 atom stereocenters. The van der Waals surface area contributed by atoms with Crippen LogP contribution in [0.25, 0.3) is 15.7 Å². The Labute approximate surface area is 197 Å². The predicted octanol–water partition coefficient (Wildman–Crippen LogP) is 7.78. The van der Waals surface area contributed by atoms with Gasteiger partial charge >= 0.3 is 0 Å². The zero-order valence-corrected chi connectivity index (χ0v) is 20.2. The zero-order valence-electron chi connectivity index (χ0n) is 19.4. The summed E-state index contributed by atoms with van der Waals surface area (Å²) in [6.45, 7) is 5.92. The molecular weight excluding hydrogens is 408 g/mol. The second-order valence-corrected chi connectivity index (χ2v) is 10.8. The molecule has 2 aromatic heterocycles. The molecule has 5 rings (SSSR count). The number of benzene rings is 1. The van der Waals surface area contributed by atoms with Gasteiger partial charge in [0.2, 0.25) is 0 Å². The zero-order chi connectivity index (χ0) is 21.8. The number of aromatic nitrogens is 1. The van der Waals surface area contributed by atoms with Crippen LogP contribution in [0.4, 0.5) is 0 Å². The van der Waals surface area contributed by atoms with Crippen molar-refractivity contribution in [2.45, 2.75) is 57.8 Å². The quantitative estimate of drug-likeness (QED) is 0.370. The number of fused-ring (bicyclic) bond motifs is 1. The Balaban J connectivity index is 1.23. The van der Waals surface area contributed by atoms with E-state index in [1.165, 1.54) is 78.5 Å². The molecule has 1 aliphatic carbocycles. The summed E-state index contributed by atoms with van der Waals surface area (Å²) >= 11 is 1.85. The number of hydrogen-bond acceptors (Lipinski definition) is 3. The van der Waals surface area contributed by atoms with Crippen LogP contribution in [0.3, 0.4) is 0 Å². The molecule has 1 saturated carbocycles. The predicted molar refractivity (Wildman–Crippen MR) is 138 cm³/mol. The minimum atomic E-state index is 0.575. The topological polar surface area (TPSA) is 16.1 Å². The molecule has 3 heterocycles. The van der Waals surface area contributed by atoms with E-state index in [0.29, 0.717) is 5.92 Å². The number of nitrogens with zero attached hydrogens (tertiary/aromatic N) is 2. The van der Waals surface area contributed by atoms with Crippen LogP contribution in [0.15, 0.2) is 60.1 Å². The lowest BCUT2D eigenvalue weighted by Gasteiger charge is -2.35. The van der Waals surface area contributed by atoms with E-state index >= 15 is 0 Å². The van der Waals surface area contributed by atoms with Crippen LogP contribution in [0, 0.1) is 11.8 Å². The molecule has 1 fully saturated rings. The Morgan fingerprint density at radius 3 is 2.78 bits per heavy atom. The Kier molecular flexibility index (Phi) is 7.04. The van der Waals surface area contributed by atoms with E-state index in [-0.39, 0.29) is 0 Å². The SMILES string of the molecule is C[C@@H](C1CCCCC1)C(CCN1CC=C(c2ccc3ccsc3c2)CC1)c1ccccn1. The first-order valence-corrected chi connectivity index (χ1v) is 13.5. The summed E-state index contributed by atoms with van der Waals surface area (Å²) < 4.78 is 1.40. The average molecular weight is 445 g/mol. The maximum absolute atomic E-state index is 4.80. The average Bonchev–Trinajstić information content (AvgIpc) is 3.34. The Bertz CT molecular complexity index is 1030. The Morgan fingerprint density at radius 2 is 2.00 bits per heavy atom. The highest BCUT2D eigenvalue weighted by atomic mass is 32.1. The van der Waals surface area contributed by atoms with E-state index in [0.717, 1.165) is 24.8 Å². The van der Waals surface area contributed by atoms with E-state index in [1.54, 1.807) is 0 Å². The van der Waals surface area contributed by atoms with Gasteiger partial charge in [-0.2, -0.15) is 0 Å². The fourth-order valence-electron chi connectivity index (χ4n) is 5.92. The number of pyridine rings is 1. The van der Waals surface area contributed by atoms with E-state index in [9.17, 15) is 0 Å². The molecule has 2 nitrogen and oxygen atoms in total. The van der Waals surface area contributed by atoms with E-state index in [4.69, 9.17) is 4.98 Å². The van der Waals surface area contributed by atoms with Crippen molar-refractivity contribution in [1.82, 2.24) is 9.88 Å². The van der Waals surface area contributed by atoms with Gasteiger partial charge in [0, 0.05) is 35.6 Å². The van der Waals surface area contributed by atoms with Gasteiger partial charge in [-0.1, -0.05) is 63.3 Å². The summed E-state index contributed by atoms with van der Waals surface area (Å²) in [6.07, 6.45) is 13.9. The maximum Gasteiger partial charge on any atom is 0.0437 e. The summed E-state index contributed by atoms with van der Waals surface area (Å²) in [7, 11) is 0. The van der Waals surface area contributed by atoms with Gasteiger partial charge in [-0.05, 0) is 77.4 Å². The molecule has 0 N–H and O–H groups in total. The number of thiophene rings is 1. The molecule has 0 amide bonds. The first kappa shape index (κ1) is 21.9. The van der Waals surface area contributed by atoms with Crippen LogP contribution in [0.5, 0.6) is 0 Å². The highest BCUT2D eigenvalue weighted by molar-refractivity contribution is 7.17. The second-order valence-electron chi connectivity index (χ2n) is 9.86. The van der Waals surface area contributed by atoms with Crippen molar-refractivity contribution in [1.29, 1.82) is 0 Å². The Morgan fingerprint density at radius 1 is 1.09 bits per heavy atom. The second kappa shape index (κ2) is 10.3. The molecule has 3 aromatic rings. The third-order valence-corrected chi connectivity index (χ3v) is 8.85. The van der Waals surface area contributed by atoms with Gasteiger partial charge in [-0.25, -0.2) is 0 Å². The van der Waals surface area contributed by atoms with Gasteiger partial charge < -0.3 is 0 Å². The van der Waals surface area contributed by atoms with Gasteiger partial charge in [0.25, 0.3) is 0 Å². The normalized spacial score (nSPS) is 20.2. The first-order chi connectivity index (χ1) is 15.8. The molecular formula is C29H36N2S. The molecule has 2 aliphatic rings. The molecule has 0 radical (unpaired) electrons. The lowest BCUT2D eigenvalue weighted by molar-refractivity contribution is 0.204. The minimum Gasteiger partial charge on any atom is -0.299 e. The number of rotatable bonds is 7. The fourth-order valence-corrected chi connectivity index (χ4v) is 6.74. The van der Waals surface area contributed by atoms with Crippen molar-refractivity contribution < 1.29 is 0 Å². The molecule has 0 spiro atoms. The van der Waals surface area contributed by atoms with E-state index < -0.39 is 0 Å². The Hall–Kier alpha value is -1.97. The largest absolute Gasteiger partial charge is 0.299 e. The highest BCUT2D eigenvalue weighted by Crippen LogP contribution is 2.39.